The second-order valence-electron chi connectivity index (χ2n) is 9.75. The number of anilines is 2. The van der Waals surface area contributed by atoms with Crippen LogP contribution in [0.2, 0.25) is 0 Å². The van der Waals surface area contributed by atoms with Crippen LogP contribution in [-0.4, -0.2) is 65.4 Å². The Morgan fingerprint density at radius 3 is 1.73 bits per heavy atom. The van der Waals surface area contributed by atoms with Crippen molar-refractivity contribution in [3.8, 4) is 0 Å². The number of sulfonamides is 3. The van der Waals surface area contributed by atoms with Gasteiger partial charge in [-0.15, -0.1) is 0 Å². The summed E-state index contributed by atoms with van der Waals surface area (Å²) < 4.78 is 85.0. The van der Waals surface area contributed by atoms with E-state index in [1.807, 2.05) is 0 Å². The molecule has 1 aliphatic rings. The van der Waals surface area contributed by atoms with E-state index in [-0.39, 0.29) is 33.5 Å². The molecular weight excluding hydrogens is 692 g/mol. The maximum Gasteiger partial charge on any atom is 0.261 e. The first kappa shape index (κ1) is 31.8. The summed E-state index contributed by atoms with van der Waals surface area (Å²) in [4.78, 5) is 13.6. The molecule has 1 fully saturated rings. The van der Waals surface area contributed by atoms with Crippen LogP contribution in [0.4, 0.5) is 11.4 Å². The molecule has 0 aromatic heterocycles. The van der Waals surface area contributed by atoms with E-state index in [1.165, 1.54) is 48.5 Å². The van der Waals surface area contributed by atoms with Gasteiger partial charge >= 0.3 is 0 Å². The molecule has 4 aromatic carbocycles. The van der Waals surface area contributed by atoms with E-state index >= 15 is 0 Å². The van der Waals surface area contributed by atoms with Gasteiger partial charge in [0.1, 0.15) is 6.04 Å². The monoisotopic (exact) mass is 718 g/mol. The predicted octanol–water partition coefficient (Wildman–Crippen LogP) is 3.95. The van der Waals surface area contributed by atoms with Crippen LogP contribution < -0.4 is 10.0 Å². The molecule has 230 valence electrons. The van der Waals surface area contributed by atoms with E-state index in [0.29, 0.717) is 5.69 Å². The Kier molecular flexibility index (Phi) is 9.25. The number of nitrogens with zero attached hydrogens (tertiary/aromatic N) is 2. The number of carbonyl (C=O) groups excluding carboxylic acids is 1. The average Bonchev–Trinajstić information content (AvgIpc) is 3.03. The molecule has 11 nitrogen and oxygen atoms in total. The van der Waals surface area contributed by atoms with E-state index in [0.717, 1.165) is 13.1 Å². The number of carbonyl (C=O) groups is 1. The van der Waals surface area contributed by atoms with E-state index < -0.39 is 48.6 Å². The number of halogens is 1. The van der Waals surface area contributed by atoms with Crippen LogP contribution in [0.1, 0.15) is 0 Å². The van der Waals surface area contributed by atoms with Crippen molar-refractivity contribution in [1.82, 2.24) is 8.61 Å². The largest absolute Gasteiger partial charge is 0.325 e. The van der Waals surface area contributed by atoms with Gasteiger partial charge in [0.15, 0.2) is 0 Å². The molecule has 2 N–H and O–H groups in total. The first-order valence-electron chi connectivity index (χ1n) is 13.2. The third kappa shape index (κ3) is 6.87. The lowest BCUT2D eigenvalue weighted by Crippen LogP contribution is -2.60. The Morgan fingerprint density at radius 1 is 0.636 bits per heavy atom. The minimum absolute atomic E-state index is 0.0204. The number of piperazine rings is 1. The molecule has 15 heteroatoms. The Labute approximate surface area is 264 Å². The molecule has 1 saturated heterocycles. The lowest BCUT2D eigenvalue weighted by Gasteiger charge is -2.38. The normalized spacial score (nSPS) is 16.7. The van der Waals surface area contributed by atoms with Crippen molar-refractivity contribution in [3.05, 3.63) is 114 Å². The minimum Gasteiger partial charge on any atom is -0.325 e. The molecule has 0 spiro atoms. The van der Waals surface area contributed by atoms with Gasteiger partial charge in [0.2, 0.25) is 26.0 Å². The molecule has 0 radical (unpaired) electrons. The van der Waals surface area contributed by atoms with Gasteiger partial charge in [-0.1, -0.05) is 52.3 Å². The molecule has 5 rings (SSSR count). The van der Waals surface area contributed by atoms with Crippen molar-refractivity contribution in [1.29, 1.82) is 0 Å². The molecule has 0 saturated carbocycles. The molecule has 0 aliphatic carbocycles. The van der Waals surface area contributed by atoms with Gasteiger partial charge in [0.25, 0.3) is 10.0 Å². The van der Waals surface area contributed by atoms with E-state index in [9.17, 15) is 30.0 Å². The molecule has 0 bridgehead atoms. The molecule has 4 aromatic rings. The zero-order valence-electron chi connectivity index (χ0n) is 22.9. The minimum atomic E-state index is -4.18. The quantitative estimate of drug-likeness (QED) is 0.266. The van der Waals surface area contributed by atoms with E-state index in [1.54, 1.807) is 60.7 Å². The van der Waals surface area contributed by atoms with Crippen molar-refractivity contribution < 1.29 is 30.0 Å². The topological polar surface area (TPSA) is 150 Å². The van der Waals surface area contributed by atoms with Crippen molar-refractivity contribution in [3.63, 3.8) is 0 Å². The van der Waals surface area contributed by atoms with Crippen molar-refractivity contribution >= 4 is 63.3 Å². The summed E-state index contributed by atoms with van der Waals surface area (Å²) in [7, 11) is -12.1. The Morgan fingerprint density at radius 2 is 1.16 bits per heavy atom. The predicted molar refractivity (Wildman–Crippen MR) is 169 cm³/mol. The molecule has 1 heterocycles. The summed E-state index contributed by atoms with van der Waals surface area (Å²) in [6.07, 6.45) is 0. The zero-order valence-corrected chi connectivity index (χ0v) is 27.0. The molecule has 0 unspecified atom stereocenters. The zero-order chi connectivity index (χ0) is 31.5. The van der Waals surface area contributed by atoms with Crippen LogP contribution in [0.3, 0.4) is 0 Å². The van der Waals surface area contributed by atoms with Gasteiger partial charge in [-0.2, -0.15) is 8.61 Å². The van der Waals surface area contributed by atoms with E-state index in [4.69, 9.17) is 0 Å². The molecule has 1 aliphatic heterocycles. The molecular formula is C29H27BrN4O7S3. The third-order valence-electron chi connectivity index (χ3n) is 6.86. The summed E-state index contributed by atoms with van der Waals surface area (Å²) in [5.74, 6) is -0.777. The fourth-order valence-electron chi connectivity index (χ4n) is 4.61. The standard InChI is InChI=1S/C29H27BrN4O7S3/c30-22-11-13-24(14-12-22)32-42(36,37)25-17-15-23(16-18-25)31-29(35)28-21-33(43(38,39)26-7-3-1-4-8-26)19-20-34(28)44(40,41)27-9-5-2-6-10-27/h1-18,28,32H,19-21H2,(H,31,35)/t28-/m1/s1. The third-order valence-corrected chi connectivity index (χ3v) is 12.6. The average molecular weight is 720 g/mol. The van der Waals surface area contributed by atoms with Crippen molar-refractivity contribution in [2.75, 3.05) is 29.7 Å². The Hall–Kier alpha value is -3.60. The number of nitrogens with one attached hydrogen (secondary N) is 2. The second kappa shape index (κ2) is 12.8. The highest BCUT2D eigenvalue weighted by atomic mass is 79.9. The highest BCUT2D eigenvalue weighted by molar-refractivity contribution is 9.10. The fourth-order valence-corrected chi connectivity index (χ4v) is 8.98. The number of amides is 1. The van der Waals surface area contributed by atoms with Crippen molar-refractivity contribution in [2.45, 2.75) is 20.7 Å². The van der Waals surface area contributed by atoms with Crippen LogP contribution in [-0.2, 0) is 34.9 Å². The first-order chi connectivity index (χ1) is 20.9. The smallest absolute Gasteiger partial charge is 0.261 e. The maximum atomic E-state index is 13.6. The van der Waals surface area contributed by atoms with Gasteiger partial charge < -0.3 is 5.32 Å². The van der Waals surface area contributed by atoms with Gasteiger partial charge in [0.05, 0.1) is 14.7 Å². The highest BCUT2D eigenvalue weighted by Crippen LogP contribution is 2.27. The maximum absolute atomic E-state index is 13.6. The van der Waals surface area contributed by atoms with Crippen LogP contribution in [0.25, 0.3) is 0 Å². The number of benzene rings is 4. The number of hydrogen-bond acceptors (Lipinski definition) is 7. The highest BCUT2D eigenvalue weighted by Gasteiger charge is 2.43. The van der Waals surface area contributed by atoms with Crippen LogP contribution in [0.15, 0.2) is 128 Å². The number of hydrogen-bond donors (Lipinski definition) is 2. The Balaban J connectivity index is 1.40. The second-order valence-corrected chi connectivity index (χ2v) is 16.2. The van der Waals surface area contributed by atoms with Crippen LogP contribution in [0, 0.1) is 0 Å². The summed E-state index contributed by atoms with van der Waals surface area (Å²) in [6.45, 7) is -0.857. The van der Waals surface area contributed by atoms with Gasteiger partial charge in [-0.05, 0) is 72.8 Å². The summed E-state index contributed by atoms with van der Waals surface area (Å²) in [6, 6.07) is 25.7. The molecule has 1 amide bonds. The van der Waals surface area contributed by atoms with Crippen molar-refractivity contribution in [2.24, 2.45) is 0 Å². The van der Waals surface area contributed by atoms with Gasteiger partial charge in [0, 0.05) is 35.5 Å². The fraction of sp³-hybridized carbons (Fsp3) is 0.138. The van der Waals surface area contributed by atoms with E-state index in [2.05, 4.69) is 26.0 Å². The molecule has 44 heavy (non-hydrogen) atoms. The van der Waals surface area contributed by atoms with Crippen LogP contribution >= 0.6 is 15.9 Å². The summed E-state index contributed by atoms with van der Waals surface area (Å²) in [5.41, 5.74) is 0.551. The summed E-state index contributed by atoms with van der Waals surface area (Å²) >= 11 is 3.30. The summed E-state index contributed by atoms with van der Waals surface area (Å²) in [5, 5.41) is 2.62. The Bertz CT molecular complexity index is 1960. The SMILES string of the molecule is O=C(Nc1ccc(S(=O)(=O)Nc2ccc(Br)cc2)cc1)[C@H]1CN(S(=O)(=O)c2ccccc2)CCN1S(=O)(=O)c1ccccc1. The molecule has 1 atom stereocenters. The van der Waals surface area contributed by atoms with Gasteiger partial charge in [-0.3, -0.25) is 9.52 Å². The van der Waals surface area contributed by atoms with Crippen LogP contribution in [0.5, 0.6) is 0 Å². The first-order valence-corrected chi connectivity index (χ1v) is 18.3. The lowest BCUT2D eigenvalue weighted by atomic mass is 10.2. The number of rotatable bonds is 9. The van der Waals surface area contributed by atoms with Gasteiger partial charge in [-0.25, -0.2) is 25.3 Å². The lowest BCUT2D eigenvalue weighted by molar-refractivity contribution is -0.120.